The van der Waals surface area contributed by atoms with Crippen LogP contribution in [0.1, 0.15) is 48.3 Å². The van der Waals surface area contributed by atoms with E-state index in [1.807, 2.05) is 47.9 Å². The van der Waals surface area contributed by atoms with Crippen molar-refractivity contribution in [1.82, 2.24) is 9.55 Å². The molecule has 0 radical (unpaired) electrons. The normalized spacial score (nSPS) is 16.8. The first kappa shape index (κ1) is 14.6. The van der Waals surface area contributed by atoms with Crippen molar-refractivity contribution in [2.45, 2.75) is 37.8 Å². The van der Waals surface area contributed by atoms with E-state index in [1.165, 1.54) is 0 Å². The Morgan fingerprint density at radius 1 is 1.45 bits per heavy atom. The maximum absolute atomic E-state index is 12.5. The van der Waals surface area contributed by atoms with E-state index in [1.54, 1.807) is 12.5 Å². The van der Waals surface area contributed by atoms with Crippen molar-refractivity contribution in [2.24, 2.45) is 0 Å². The Kier molecular flexibility index (Phi) is 3.84. The summed E-state index contributed by atoms with van der Waals surface area (Å²) in [6.45, 7) is 5.78. The molecule has 0 N–H and O–H groups in total. The summed E-state index contributed by atoms with van der Waals surface area (Å²) in [5, 5.41) is 0. The van der Waals surface area contributed by atoms with Crippen molar-refractivity contribution in [3.05, 3.63) is 66.8 Å². The molecule has 1 aromatic heterocycles. The Hall–Kier alpha value is -2.36. The van der Waals surface area contributed by atoms with Gasteiger partial charge in [-0.2, -0.15) is 0 Å². The molecule has 0 saturated heterocycles. The average Bonchev–Trinajstić information content (AvgIpc) is 3.11. The van der Waals surface area contributed by atoms with Crippen molar-refractivity contribution in [2.75, 3.05) is 0 Å². The fourth-order valence-electron chi connectivity index (χ4n) is 2.66. The van der Waals surface area contributed by atoms with Crippen LogP contribution in [0.3, 0.4) is 0 Å². The van der Waals surface area contributed by atoms with Gasteiger partial charge in [-0.3, -0.25) is 0 Å². The van der Waals surface area contributed by atoms with E-state index in [2.05, 4.69) is 11.6 Å². The van der Waals surface area contributed by atoms with Crippen LogP contribution < -0.4 is 0 Å². The van der Waals surface area contributed by atoms with E-state index >= 15 is 0 Å². The van der Waals surface area contributed by atoms with Crippen LogP contribution >= 0.6 is 0 Å². The lowest BCUT2D eigenvalue weighted by Crippen LogP contribution is -2.22. The summed E-state index contributed by atoms with van der Waals surface area (Å²) in [5.74, 6) is -0.306. The molecule has 0 bridgehead atoms. The van der Waals surface area contributed by atoms with Gasteiger partial charge in [-0.15, -0.1) is 6.58 Å². The number of esters is 1. The fraction of sp³-hybridized carbons (Fsp3) is 0.333. The predicted molar refractivity (Wildman–Crippen MR) is 84.7 cm³/mol. The van der Waals surface area contributed by atoms with Gasteiger partial charge < -0.3 is 9.30 Å². The first-order chi connectivity index (χ1) is 10.7. The van der Waals surface area contributed by atoms with E-state index < -0.39 is 0 Å². The molecule has 114 valence electrons. The van der Waals surface area contributed by atoms with Crippen LogP contribution in [-0.2, 0) is 4.74 Å². The van der Waals surface area contributed by atoms with Crippen molar-refractivity contribution in [3.8, 4) is 0 Å². The number of ether oxygens (including phenoxy) is 1. The van der Waals surface area contributed by atoms with Gasteiger partial charge in [0.25, 0.3) is 0 Å². The van der Waals surface area contributed by atoms with Gasteiger partial charge in [0.15, 0.2) is 0 Å². The maximum atomic E-state index is 12.5. The lowest BCUT2D eigenvalue weighted by molar-refractivity contribution is 0.0221. The van der Waals surface area contributed by atoms with Crippen molar-refractivity contribution in [1.29, 1.82) is 0 Å². The number of carbonyl (C=O) groups excluding carboxylic acids is 1. The number of rotatable bonds is 6. The molecule has 1 atom stereocenters. The first-order valence-electron chi connectivity index (χ1n) is 7.56. The number of aromatic nitrogens is 2. The van der Waals surface area contributed by atoms with Crippen LogP contribution in [0, 0.1) is 0 Å². The molecule has 0 spiro atoms. The Morgan fingerprint density at radius 3 is 2.82 bits per heavy atom. The second-order valence-electron chi connectivity index (χ2n) is 5.84. The van der Waals surface area contributed by atoms with Gasteiger partial charge in [0.2, 0.25) is 0 Å². The zero-order valence-corrected chi connectivity index (χ0v) is 12.7. The number of hydrogen-bond acceptors (Lipinski definition) is 3. The number of nitrogens with zero attached hydrogens (tertiary/aromatic N) is 2. The van der Waals surface area contributed by atoms with E-state index in [-0.39, 0.29) is 17.6 Å². The number of hydrogen-bond donors (Lipinski definition) is 0. The van der Waals surface area contributed by atoms with Crippen molar-refractivity contribution >= 4 is 5.97 Å². The third-order valence-corrected chi connectivity index (χ3v) is 4.21. The van der Waals surface area contributed by atoms with Crippen molar-refractivity contribution in [3.63, 3.8) is 0 Å². The number of benzene rings is 1. The van der Waals surface area contributed by atoms with Gasteiger partial charge in [-0.1, -0.05) is 36.4 Å². The molecule has 0 unspecified atom stereocenters. The van der Waals surface area contributed by atoms with Gasteiger partial charge in [-0.05, 0) is 25.3 Å². The molecule has 1 heterocycles. The molecule has 4 heteroatoms. The molecule has 0 amide bonds. The highest BCUT2D eigenvalue weighted by atomic mass is 16.6. The zero-order chi connectivity index (χ0) is 15.6. The highest BCUT2D eigenvalue weighted by Crippen LogP contribution is 2.43. The molecule has 1 saturated carbocycles. The molecular formula is C18H20N2O2. The molecular weight excluding hydrogens is 276 g/mol. The summed E-state index contributed by atoms with van der Waals surface area (Å²) in [4.78, 5) is 16.6. The summed E-state index contributed by atoms with van der Waals surface area (Å²) >= 11 is 0. The summed E-state index contributed by atoms with van der Waals surface area (Å²) in [6.07, 6.45) is 7.60. The van der Waals surface area contributed by atoms with Gasteiger partial charge in [0.05, 0.1) is 18.6 Å². The minimum Gasteiger partial charge on any atom is -0.454 e. The first-order valence-corrected chi connectivity index (χ1v) is 7.56. The Morgan fingerprint density at radius 2 is 2.18 bits per heavy atom. The van der Waals surface area contributed by atoms with E-state index in [9.17, 15) is 4.79 Å². The smallest absolute Gasteiger partial charge is 0.357 e. The van der Waals surface area contributed by atoms with Gasteiger partial charge in [-0.25, -0.2) is 9.78 Å². The molecule has 2 aromatic rings. The largest absolute Gasteiger partial charge is 0.454 e. The molecule has 0 aliphatic heterocycles. The molecule has 1 fully saturated rings. The van der Waals surface area contributed by atoms with Crippen LogP contribution in [0.4, 0.5) is 0 Å². The summed E-state index contributed by atoms with van der Waals surface area (Å²) in [6, 6.07) is 10.1. The Labute approximate surface area is 130 Å². The van der Waals surface area contributed by atoms with Crippen LogP contribution in [-0.4, -0.2) is 21.1 Å². The summed E-state index contributed by atoms with van der Waals surface area (Å²) in [5.41, 5.74) is 1.29. The highest BCUT2D eigenvalue weighted by molar-refractivity contribution is 5.88. The third-order valence-electron chi connectivity index (χ3n) is 4.21. The van der Waals surface area contributed by atoms with Gasteiger partial charge in [0.1, 0.15) is 11.3 Å². The third kappa shape index (κ3) is 2.82. The molecule has 1 aromatic carbocycles. The topological polar surface area (TPSA) is 44.1 Å². The van der Waals surface area contributed by atoms with Gasteiger partial charge in [0, 0.05) is 6.42 Å². The van der Waals surface area contributed by atoms with E-state index in [0.29, 0.717) is 12.1 Å². The second-order valence-corrected chi connectivity index (χ2v) is 5.84. The predicted octanol–water partition coefficient (Wildman–Crippen LogP) is 3.76. The number of carbonyl (C=O) groups is 1. The maximum Gasteiger partial charge on any atom is 0.357 e. The molecule has 1 aliphatic rings. The summed E-state index contributed by atoms with van der Waals surface area (Å²) < 4.78 is 7.55. The SMILES string of the molecule is C=CCC1(OC(=O)c2cncn2[C@H](C)c2ccccc2)CC1. The molecule has 22 heavy (non-hydrogen) atoms. The van der Waals surface area contributed by atoms with Crippen LogP contribution in [0.15, 0.2) is 55.5 Å². The lowest BCUT2D eigenvalue weighted by Gasteiger charge is -2.19. The highest BCUT2D eigenvalue weighted by Gasteiger charge is 2.46. The molecule has 1 aliphatic carbocycles. The standard InChI is InChI=1S/C18H20N2O2/c1-3-9-18(10-11-18)22-17(21)16-12-19-13-20(16)14(2)15-7-5-4-6-8-15/h3-8,12-14H,1,9-11H2,2H3/t14-/m1/s1. The van der Waals surface area contributed by atoms with E-state index in [0.717, 1.165) is 18.4 Å². The fourth-order valence-corrected chi connectivity index (χ4v) is 2.66. The lowest BCUT2D eigenvalue weighted by atomic mass is 10.1. The minimum atomic E-state index is -0.329. The van der Waals surface area contributed by atoms with Crippen LogP contribution in [0.25, 0.3) is 0 Å². The zero-order valence-electron chi connectivity index (χ0n) is 12.7. The summed E-state index contributed by atoms with van der Waals surface area (Å²) in [7, 11) is 0. The monoisotopic (exact) mass is 296 g/mol. The molecule has 3 rings (SSSR count). The molecule has 4 nitrogen and oxygen atoms in total. The van der Waals surface area contributed by atoms with Crippen LogP contribution in [0.5, 0.6) is 0 Å². The van der Waals surface area contributed by atoms with Crippen molar-refractivity contribution < 1.29 is 9.53 Å². The Bertz CT molecular complexity index is 671. The average molecular weight is 296 g/mol. The quantitative estimate of drug-likeness (QED) is 0.602. The van der Waals surface area contributed by atoms with Crippen LogP contribution in [0.2, 0.25) is 0 Å². The second kappa shape index (κ2) is 5.79. The Balaban J connectivity index is 1.80. The number of imidazole rings is 1. The van der Waals surface area contributed by atoms with E-state index in [4.69, 9.17) is 4.74 Å². The van der Waals surface area contributed by atoms with Gasteiger partial charge >= 0.3 is 5.97 Å². The minimum absolute atomic E-state index is 0.0285.